The lowest BCUT2D eigenvalue weighted by Gasteiger charge is -2.06. The van der Waals surface area contributed by atoms with Crippen LogP contribution in [0.2, 0.25) is 0 Å². The second kappa shape index (κ2) is 7.08. The van der Waals surface area contributed by atoms with Gasteiger partial charge in [0.05, 0.1) is 12.8 Å². The molecule has 0 amide bonds. The minimum atomic E-state index is 0.539. The van der Waals surface area contributed by atoms with E-state index in [1.807, 2.05) is 24.3 Å². The fourth-order valence-electron chi connectivity index (χ4n) is 1.45. The number of oxazole rings is 1. The Morgan fingerprint density at radius 2 is 2.33 bits per heavy atom. The maximum Gasteiger partial charge on any atom is 0.255 e. The highest BCUT2D eigenvalue weighted by molar-refractivity contribution is 7.99. The van der Waals surface area contributed by atoms with Crippen molar-refractivity contribution in [3.05, 3.63) is 42.3 Å². The summed E-state index contributed by atoms with van der Waals surface area (Å²) >= 11 is 1.59. The SMILES string of the molecule is NCc1cccc(OCCCSc2ncco2)c1. The number of hydrogen-bond donors (Lipinski definition) is 1. The van der Waals surface area contributed by atoms with E-state index in [4.69, 9.17) is 14.9 Å². The van der Waals surface area contributed by atoms with Gasteiger partial charge >= 0.3 is 0 Å². The molecule has 18 heavy (non-hydrogen) atoms. The Morgan fingerprint density at radius 1 is 1.39 bits per heavy atom. The third kappa shape index (κ3) is 4.09. The van der Waals surface area contributed by atoms with E-state index in [1.165, 1.54) is 0 Å². The molecule has 0 fully saturated rings. The molecule has 2 aromatic rings. The van der Waals surface area contributed by atoms with Gasteiger partial charge in [-0.25, -0.2) is 4.98 Å². The molecule has 0 aliphatic carbocycles. The number of nitrogens with zero attached hydrogens (tertiary/aromatic N) is 1. The van der Waals surface area contributed by atoms with Gasteiger partial charge in [-0.05, 0) is 24.1 Å². The fraction of sp³-hybridized carbons (Fsp3) is 0.308. The van der Waals surface area contributed by atoms with Gasteiger partial charge in [-0.3, -0.25) is 0 Å². The third-order valence-corrected chi connectivity index (χ3v) is 3.27. The largest absolute Gasteiger partial charge is 0.494 e. The van der Waals surface area contributed by atoms with Gasteiger partial charge in [0, 0.05) is 12.3 Å². The molecule has 0 bridgehead atoms. The van der Waals surface area contributed by atoms with E-state index >= 15 is 0 Å². The number of benzene rings is 1. The Labute approximate surface area is 111 Å². The van der Waals surface area contributed by atoms with Crippen molar-refractivity contribution in [1.29, 1.82) is 0 Å². The van der Waals surface area contributed by atoms with Crippen LogP contribution in [0.4, 0.5) is 0 Å². The molecule has 2 rings (SSSR count). The average molecular weight is 264 g/mol. The van der Waals surface area contributed by atoms with Gasteiger partial charge in [-0.1, -0.05) is 23.9 Å². The van der Waals surface area contributed by atoms with Crippen molar-refractivity contribution in [3.63, 3.8) is 0 Å². The number of ether oxygens (including phenoxy) is 1. The summed E-state index contributed by atoms with van der Waals surface area (Å²) in [4.78, 5) is 4.04. The van der Waals surface area contributed by atoms with E-state index in [1.54, 1.807) is 24.2 Å². The van der Waals surface area contributed by atoms with E-state index in [9.17, 15) is 0 Å². The van der Waals surface area contributed by atoms with Crippen LogP contribution in [0.1, 0.15) is 12.0 Å². The molecular formula is C13H16N2O2S. The van der Waals surface area contributed by atoms with Crippen molar-refractivity contribution < 1.29 is 9.15 Å². The molecule has 0 saturated heterocycles. The minimum Gasteiger partial charge on any atom is -0.494 e. The highest BCUT2D eigenvalue weighted by Crippen LogP contribution is 2.17. The molecule has 5 heteroatoms. The first kappa shape index (κ1) is 13.0. The fourth-order valence-corrected chi connectivity index (χ4v) is 2.15. The topological polar surface area (TPSA) is 61.3 Å². The zero-order chi connectivity index (χ0) is 12.6. The van der Waals surface area contributed by atoms with Gasteiger partial charge in [0.15, 0.2) is 0 Å². The molecule has 0 atom stereocenters. The van der Waals surface area contributed by atoms with Gasteiger partial charge < -0.3 is 14.9 Å². The van der Waals surface area contributed by atoms with E-state index in [0.29, 0.717) is 18.4 Å². The lowest BCUT2D eigenvalue weighted by atomic mass is 10.2. The summed E-state index contributed by atoms with van der Waals surface area (Å²) in [5.41, 5.74) is 6.66. The van der Waals surface area contributed by atoms with Crippen LogP contribution in [0.3, 0.4) is 0 Å². The standard InChI is InChI=1S/C13H16N2O2S/c14-10-11-3-1-4-12(9-11)16-6-2-8-18-13-15-5-7-17-13/h1,3-5,7,9H,2,6,8,10,14H2. The average Bonchev–Trinajstić information content (AvgIpc) is 2.92. The lowest BCUT2D eigenvalue weighted by molar-refractivity contribution is 0.318. The van der Waals surface area contributed by atoms with Crippen molar-refractivity contribution in [1.82, 2.24) is 4.98 Å². The molecular weight excluding hydrogens is 248 g/mol. The molecule has 1 aromatic heterocycles. The van der Waals surface area contributed by atoms with Crippen LogP contribution >= 0.6 is 11.8 Å². The van der Waals surface area contributed by atoms with Crippen LogP contribution in [0, 0.1) is 0 Å². The Bertz CT molecular complexity index is 460. The molecule has 1 heterocycles. The van der Waals surface area contributed by atoms with E-state index in [-0.39, 0.29) is 0 Å². The Balaban J connectivity index is 1.65. The second-order valence-electron chi connectivity index (χ2n) is 3.70. The molecule has 1 aromatic carbocycles. The molecule has 0 radical (unpaired) electrons. The molecule has 0 saturated carbocycles. The Kier molecular flexibility index (Phi) is 5.11. The summed E-state index contributed by atoms with van der Waals surface area (Å²) < 4.78 is 10.8. The zero-order valence-corrected chi connectivity index (χ0v) is 10.9. The van der Waals surface area contributed by atoms with Gasteiger partial charge in [0.25, 0.3) is 5.22 Å². The number of nitrogens with two attached hydrogens (primary N) is 1. The second-order valence-corrected chi connectivity index (χ2v) is 4.75. The van der Waals surface area contributed by atoms with Crippen LogP contribution < -0.4 is 10.5 Å². The van der Waals surface area contributed by atoms with Crippen molar-refractivity contribution in [2.75, 3.05) is 12.4 Å². The van der Waals surface area contributed by atoms with Crippen LogP contribution in [-0.4, -0.2) is 17.3 Å². The maximum atomic E-state index is 5.65. The zero-order valence-electron chi connectivity index (χ0n) is 10.0. The van der Waals surface area contributed by atoms with Crippen LogP contribution in [0.5, 0.6) is 5.75 Å². The van der Waals surface area contributed by atoms with E-state index in [2.05, 4.69) is 4.98 Å². The molecule has 2 N–H and O–H groups in total. The van der Waals surface area contributed by atoms with Gasteiger partial charge in [-0.2, -0.15) is 0 Å². The third-order valence-electron chi connectivity index (χ3n) is 2.33. The van der Waals surface area contributed by atoms with Crippen molar-refractivity contribution in [3.8, 4) is 5.75 Å². The Morgan fingerprint density at radius 3 is 3.11 bits per heavy atom. The van der Waals surface area contributed by atoms with Gasteiger partial charge in [-0.15, -0.1) is 0 Å². The van der Waals surface area contributed by atoms with Gasteiger partial charge in [0.1, 0.15) is 12.0 Å². The first-order valence-corrected chi connectivity index (χ1v) is 6.81. The van der Waals surface area contributed by atoms with Crippen molar-refractivity contribution >= 4 is 11.8 Å². The first-order valence-electron chi connectivity index (χ1n) is 5.82. The predicted molar refractivity (Wildman–Crippen MR) is 71.7 cm³/mol. The quantitative estimate of drug-likeness (QED) is 0.615. The highest BCUT2D eigenvalue weighted by atomic mass is 32.2. The molecule has 4 nitrogen and oxygen atoms in total. The lowest BCUT2D eigenvalue weighted by Crippen LogP contribution is -2.00. The van der Waals surface area contributed by atoms with E-state index < -0.39 is 0 Å². The van der Waals surface area contributed by atoms with Crippen LogP contribution in [-0.2, 0) is 6.54 Å². The number of aromatic nitrogens is 1. The monoisotopic (exact) mass is 264 g/mol. The first-order chi connectivity index (χ1) is 8.88. The predicted octanol–water partition coefficient (Wildman–Crippen LogP) is 2.69. The summed E-state index contributed by atoms with van der Waals surface area (Å²) in [6.07, 6.45) is 4.17. The van der Waals surface area contributed by atoms with Crippen LogP contribution in [0.25, 0.3) is 0 Å². The molecule has 0 aliphatic heterocycles. The highest BCUT2D eigenvalue weighted by Gasteiger charge is 1.99. The van der Waals surface area contributed by atoms with Crippen molar-refractivity contribution in [2.24, 2.45) is 5.73 Å². The van der Waals surface area contributed by atoms with E-state index in [0.717, 1.165) is 23.5 Å². The molecule has 0 aliphatic rings. The summed E-state index contributed by atoms with van der Waals surface area (Å²) in [5, 5.41) is 0.708. The number of hydrogen-bond acceptors (Lipinski definition) is 5. The maximum absolute atomic E-state index is 5.65. The smallest absolute Gasteiger partial charge is 0.255 e. The minimum absolute atomic E-state index is 0.539. The summed E-state index contributed by atoms with van der Waals surface area (Å²) in [6, 6.07) is 7.87. The Hall–Kier alpha value is -1.46. The molecule has 96 valence electrons. The van der Waals surface area contributed by atoms with Crippen molar-refractivity contribution in [2.45, 2.75) is 18.2 Å². The molecule has 0 spiro atoms. The summed E-state index contributed by atoms with van der Waals surface area (Å²) in [7, 11) is 0. The summed E-state index contributed by atoms with van der Waals surface area (Å²) in [6.45, 7) is 1.22. The van der Waals surface area contributed by atoms with Crippen LogP contribution in [0.15, 0.2) is 46.4 Å². The normalized spacial score (nSPS) is 10.5. The van der Waals surface area contributed by atoms with Gasteiger partial charge in [0.2, 0.25) is 0 Å². The summed E-state index contributed by atoms with van der Waals surface area (Å²) in [5.74, 6) is 1.80. The number of thioether (sulfide) groups is 1. The molecule has 0 unspecified atom stereocenters. The number of rotatable bonds is 7.